The molecule has 1 saturated heterocycles. The molecule has 100 valence electrons. The number of piperidine rings is 1. The Morgan fingerprint density at radius 3 is 2.72 bits per heavy atom. The standard InChI is InChI=1S/C15H22FNO/c1-15(2,12-5-4-8-17-10-12)11-6-7-14(18-3)13(16)9-11/h6-7,9,12,17H,4-5,8,10H2,1-3H3. The summed E-state index contributed by atoms with van der Waals surface area (Å²) < 4.78 is 18.8. The van der Waals surface area contributed by atoms with Crippen LogP contribution in [0.15, 0.2) is 18.2 Å². The molecule has 2 nitrogen and oxygen atoms in total. The van der Waals surface area contributed by atoms with E-state index in [2.05, 4.69) is 19.2 Å². The molecular weight excluding hydrogens is 229 g/mol. The molecule has 1 fully saturated rings. The van der Waals surface area contributed by atoms with Gasteiger partial charge in [0.1, 0.15) is 0 Å². The highest BCUT2D eigenvalue weighted by atomic mass is 19.1. The van der Waals surface area contributed by atoms with Gasteiger partial charge in [-0.3, -0.25) is 0 Å². The molecule has 0 bridgehead atoms. The smallest absolute Gasteiger partial charge is 0.165 e. The van der Waals surface area contributed by atoms with Gasteiger partial charge in [0.15, 0.2) is 11.6 Å². The summed E-state index contributed by atoms with van der Waals surface area (Å²) >= 11 is 0. The summed E-state index contributed by atoms with van der Waals surface area (Å²) in [5.74, 6) is 0.599. The fourth-order valence-corrected chi connectivity index (χ4v) is 2.77. The van der Waals surface area contributed by atoms with Crippen molar-refractivity contribution < 1.29 is 9.13 Å². The zero-order chi connectivity index (χ0) is 13.2. The molecule has 18 heavy (non-hydrogen) atoms. The fourth-order valence-electron chi connectivity index (χ4n) is 2.77. The van der Waals surface area contributed by atoms with Crippen LogP contribution in [0, 0.1) is 11.7 Å². The van der Waals surface area contributed by atoms with Gasteiger partial charge in [-0.1, -0.05) is 19.9 Å². The van der Waals surface area contributed by atoms with Crippen molar-refractivity contribution in [3.05, 3.63) is 29.6 Å². The van der Waals surface area contributed by atoms with Crippen LogP contribution in [0.5, 0.6) is 5.75 Å². The number of hydrogen-bond acceptors (Lipinski definition) is 2. The maximum absolute atomic E-state index is 13.8. The molecule has 1 aromatic rings. The summed E-state index contributed by atoms with van der Waals surface area (Å²) in [5, 5.41) is 3.43. The Hall–Kier alpha value is -1.09. The SMILES string of the molecule is COc1ccc(C(C)(C)C2CCCNC2)cc1F. The quantitative estimate of drug-likeness (QED) is 0.891. The summed E-state index contributed by atoms with van der Waals surface area (Å²) in [6, 6.07) is 5.33. The normalized spacial score (nSPS) is 20.8. The molecule has 0 saturated carbocycles. The molecule has 1 aromatic carbocycles. The summed E-state index contributed by atoms with van der Waals surface area (Å²) in [4.78, 5) is 0. The highest BCUT2D eigenvalue weighted by Crippen LogP contribution is 2.36. The van der Waals surface area contributed by atoms with E-state index in [1.54, 1.807) is 12.1 Å². The Balaban J connectivity index is 2.25. The maximum Gasteiger partial charge on any atom is 0.165 e. The van der Waals surface area contributed by atoms with Crippen molar-refractivity contribution in [2.45, 2.75) is 32.1 Å². The first kappa shape index (κ1) is 13.3. The highest BCUT2D eigenvalue weighted by Gasteiger charge is 2.32. The number of hydrogen-bond donors (Lipinski definition) is 1. The molecule has 1 atom stereocenters. The molecule has 2 rings (SSSR count). The lowest BCUT2D eigenvalue weighted by Gasteiger charge is -2.38. The first-order valence-electron chi connectivity index (χ1n) is 6.60. The zero-order valence-corrected chi connectivity index (χ0v) is 11.4. The molecule has 3 heteroatoms. The van der Waals surface area contributed by atoms with Crippen LogP contribution >= 0.6 is 0 Å². The van der Waals surface area contributed by atoms with Crippen LogP contribution in [-0.4, -0.2) is 20.2 Å². The molecule has 0 radical (unpaired) electrons. The number of halogens is 1. The van der Waals surface area contributed by atoms with Crippen molar-refractivity contribution in [2.24, 2.45) is 5.92 Å². The van der Waals surface area contributed by atoms with Crippen molar-refractivity contribution >= 4 is 0 Å². The number of methoxy groups -OCH3 is 1. The van der Waals surface area contributed by atoms with E-state index in [1.807, 2.05) is 6.07 Å². The second-order valence-corrected chi connectivity index (χ2v) is 5.61. The van der Waals surface area contributed by atoms with Crippen LogP contribution in [0.4, 0.5) is 4.39 Å². The predicted molar refractivity (Wildman–Crippen MR) is 71.6 cm³/mol. The van der Waals surface area contributed by atoms with Gasteiger partial charge in [0.25, 0.3) is 0 Å². The highest BCUT2D eigenvalue weighted by molar-refractivity contribution is 5.33. The topological polar surface area (TPSA) is 21.3 Å². The predicted octanol–water partition coefficient (Wildman–Crippen LogP) is 3.11. The first-order valence-corrected chi connectivity index (χ1v) is 6.60. The Morgan fingerprint density at radius 1 is 1.39 bits per heavy atom. The zero-order valence-electron chi connectivity index (χ0n) is 11.4. The second-order valence-electron chi connectivity index (χ2n) is 5.61. The van der Waals surface area contributed by atoms with Gasteiger partial charge < -0.3 is 10.1 Å². The van der Waals surface area contributed by atoms with Gasteiger partial charge in [-0.15, -0.1) is 0 Å². The lowest BCUT2D eigenvalue weighted by molar-refractivity contribution is 0.251. The third-order valence-electron chi connectivity index (χ3n) is 4.21. The average molecular weight is 251 g/mol. The van der Waals surface area contributed by atoms with Crippen molar-refractivity contribution in [3.8, 4) is 5.75 Å². The summed E-state index contributed by atoms with van der Waals surface area (Å²) in [6.45, 7) is 6.52. The Bertz CT molecular complexity index is 411. The third kappa shape index (κ3) is 2.51. The minimum absolute atomic E-state index is 0.0134. The van der Waals surface area contributed by atoms with Crippen molar-refractivity contribution in [1.29, 1.82) is 0 Å². The van der Waals surface area contributed by atoms with Gasteiger partial charge in [0.2, 0.25) is 0 Å². The molecule has 1 heterocycles. The molecule has 1 aliphatic heterocycles. The van der Waals surface area contributed by atoms with E-state index in [-0.39, 0.29) is 11.2 Å². The van der Waals surface area contributed by atoms with Crippen LogP contribution in [0.1, 0.15) is 32.3 Å². The summed E-state index contributed by atoms with van der Waals surface area (Å²) in [7, 11) is 1.49. The lowest BCUT2D eigenvalue weighted by atomic mass is 9.70. The van der Waals surface area contributed by atoms with Crippen LogP contribution in [0.3, 0.4) is 0 Å². The molecule has 1 unspecified atom stereocenters. The number of nitrogens with one attached hydrogen (secondary N) is 1. The lowest BCUT2D eigenvalue weighted by Crippen LogP contribution is -2.40. The van der Waals surface area contributed by atoms with E-state index < -0.39 is 0 Å². The van der Waals surface area contributed by atoms with E-state index in [0.717, 1.165) is 18.7 Å². The molecule has 0 aromatic heterocycles. The number of benzene rings is 1. The van der Waals surface area contributed by atoms with Gasteiger partial charge in [-0.25, -0.2) is 4.39 Å². The first-order chi connectivity index (χ1) is 8.55. The summed E-state index contributed by atoms with van der Waals surface area (Å²) in [6.07, 6.45) is 2.40. The molecular formula is C15H22FNO. The molecule has 0 amide bonds. The van der Waals surface area contributed by atoms with E-state index in [4.69, 9.17) is 4.74 Å². The van der Waals surface area contributed by atoms with Gasteiger partial charge in [-0.05, 0) is 55.0 Å². The van der Waals surface area contributed by atoms with Gasteiger partial charge in [-0.2, -0.15) is 0 Å². The fraction of sp³-hybridized carbons (Fsp3) is 0.600. The Morgan fingerprint density at radius 2 is 2.17 bits per heavy atom. The number of ether oxygens (including phenoxy) is 1. The Labute approximate surface area is 109 Å². The third-order valence-corrected chi connectivity index (χ3v) is 4.21. The Kier molecular flexibility index (Phi) is 3.91. The van der Waals surface area contributed by atoms with Gasteiger partial charge in [0.05, 0.1) is 7.11 Å². The van der Waals surface area contributed by atoms with Crippen molar-refractivity contribution in [3.63, 3.8) is 0 Å². The van der Waals surface area contributed by atoms with Gasteiger partial charge >= 0.3 is 0 Å². The number of rotatable bonds is 3. The molecule has 1 aliphatic rings. The average Bonchev–Trinajstić information content (AvgIpc) is 2.39. The van der Waals surface area contributed by atoms with E-state index in [0.29, 0.717) is 11.7 Å². The van der Waals surface area contributed by atoms with Crippen LogP contribution in [0.2, 0.25) is 0 Å². The minimum Gasteiger partial charge on any atom is -0.494 e. The van der Waals surface area contributed by atoms with Crippen LogP contribution in [0.25, 0.3) is 0 Å². The molecule has 1 N–H and O–H groups in total. The van der Waals surface area contributed by atoms with E-state index in [9.17, 15) is 4.39 Å². The molecule has 0 spiro atoms. The maximum atomic E-state index is 13.8. The van der Waals surface area contributed by atoms with Crippen molar-refractivity contribution in [1.82, 2.24) is 5.32 Å². The summed E-state index contributed by atoms with van der Waals surface area (Å²) in [5.41, 5.74) is 1.04. The van der Waals surface area contributed by atoms with Crippen molar-refractivity contribution in [2.75, 3.05) is 20.2 Å². The largest absolute Gasteiger partial charge is 0.494 e. The van der Waals surface area contributed by atoms with Crippen LogP contribution < -0.4 is 10.1 Å². The minimum atomic E-state index is -0.271. The van der Waals surface area contributed by atoms with Gasteiger partial charge in [0, 0.05) is 0 Å². The van der Waals surface area contributed by atoms with Crippen LogP contribution in [-0.2, 0) is 5.41 Å². The monoisotopic (exact) mass is 251 g/mol. The molecule has 0 aliphatic carbocycles. The van der Waals surface area contributed by atoms with E-state index >= 15 is 0 Å². The van der Waals surface area contributed by atoms with E-state index in [1.165, 1.54) is 20.0 Å². The second kappa shape index (κ2) is 5.27.